The molecule has 2 rings (SSSR count). The fourth-order valence-corrected chi connectivity index (χ4v) is 3.43. The molecule has 0 bridgehead atoms. The summed E-state index contributed by atoms with van der Waals surface area (Å²) in [4.78, 5) is 25.6. The van der Waals surface area contributed by atoms with E-state index in [1.165, 1.54) is 0 Å². The third-order valence-electron chi connectivity index (χ3n) is 4.86. The maximum absolute atomic E-state index is 12.4. The van der Waals surface area contributed by atoms with Crippen LogP contribution in [-0.4, -0.2) is 41.4 Å². The number of hydrogen-bond donors (Lipinski definition) is 2. The summed E-state index contributed by atoms with van der Waals surface area (Å²) in [6, 6.07) is 0.191. The third-order valence-corrected chi connectivity index (χ3v) is 4.86. The largest absolute Gasteiger partial charge is 0.353 e. The van der Waals surface area contributed by atoms with Gasteiger partial charge >= 0.3 is 0 Å². The maximum Gasteiger partial charge on any atom is 0.225 e. The number of halogens is 1. The SMILES string of the molecule is CC(=O)N1CCC(NC(=O)C2CCCCC2(C)N)CC1.Cl. The monoisotopic (exact) mass is 317 g/mol. The number of nitrogens with two attached hydrogens (primary N) is 1. The number of nitrogens with zero attached hydrogens (tertiary/aromatic N) is 1. The van der Waals surface area contributed by atoms with Gasteiger partial charge < -0.3 is 16.0 Å². The number of nitrogens with one attached hydrogen (secondary N) is 1. The molecule has 2 amide bonds. The van der Waals surface area contributed by atoms with Gasteiger partial charge in [0.1, 0.15) is 0 Å². The van der Waals surface area contributed by atoms with Crippen LogP contribution < -0.4 is 11.1 Å². The fraction of sp³-hybridized carbons (Fsp3) is 0.867. The van der Waals surface area contributed by atoms with Gasteiger partial charge in [0.2, 0.25) is 11.8 Å². The Morgan fingerprint density at radius 2 is 1.81 bits per heavy atom. The molecule has 2 unspecified atom stereocenters. The highest BCUT2D eigenvalue weighted by atomic mass is 35.5. The molecule has 0 aromatic rings. The Balaban J connectivity index is 0.00000220. The van der Waals surface area contributed by atoms with Crippen molar-refractivity contribution in [2.45, 2.75) is 64.0 Å². The Morgan fingerprint density at radius 3 is 2.33 bits per heavy atom. The predicted octanol–water partition coefficient (Wildman–Crippen LogP) is 1.44. The zero-order valence-electron chi connectivity index (χ0n) is 13.1. The first-order valence-corrected chi connectivity index (χ1v) is 7.75. The van der Waals surface area contributed by atoms with E-state index in [1.54, 1.807) is 6.92 Å². The molecule has 3 N–H and O–H groups in total. The van der Waals surface area contributed by atoms with Crippen molar-refractivity contribution in [2.75, 3.05) is 13.1 Å². The van der Waals surface area contributed by atoms with Crippen molar-refractivity contribution in [3.63, 3.8) is 0 Å². The van der Waals surface area contributed by atoms with E-state index in [0.29, 0.717) is 0 Å². The molecule has 6 heteroatoms. The van der Waals surface area contributed by atoms with Gasteiger partial charge in [0.05, 0.1) is 5.92 Å². The lowest BCUT2D eigenvalue weighted by molar-refractivity contribution is -0.130. The molecule has 21 heavy (non-hydrogen) atoms. The van der Waals surface area contributed by atoms with Gasteiger partial charge in [-0.25, -0.2) is 0 Å². The molecular weight excluding hydrogens is 290 g/mol. The molecule has 2 aliphatic rings. The third kappa shape index (κ3) is 4.58. The Labute approximate surface area is 133 Å². The number of amides is 2. The molecule has 1 saturated carbocycles. The minimum atomic E-state index is -0.373. The lowest BCUT2D eigenvalue weighted by Gasteiger charge is -2.39. The smallest absolute Gasteiger partial charge is 0.225 e. The van der Waals surface area contributed by atoms with Crippen LogP contribution in [0.25, 0.3) is 0 Å². The number of carbonyl (C=O) groups excluding carboxylic acids is 2. The molecule has 5 nitrogen and oxygen atoms in total. The standard InChI is InChI=1S/C15H27N3O2.ClH/c1-11(19)18-9-6-12(7-10-18)17-14(20)13-5-3-4-8-15(13,2)16;/h12-13H,3-10,16H2,1-2H3,(H,17,20);1H. The molecule has 0 aromatic carbocycles. The van der Waals surface area contributed by atoms with Crippen LogP contribution in [0.1, 0.15) is 52.4 Å². The van der Waals surface area contributed by atoms with E-state index in [2.05, 4.69) is 5.32 Å². The Kier molecular flexibility index (Phi) is 6.47. The van der Waals surface area contributed by atoms with Gasteiger partial charge in [-0.1, -0.05) is 12.8 Å². The molecule has 1 aliphatic heterocycles. The molecule has 2 atom stereocenters. The fourth-order valence-electron chi connectivity index (χ4n) is 3.43. The highest BCUT2D eigenvalue weighted by Crippen LogP contribution is 2.31. The molecular formula is C15H28ClN3O2. The maximum atomic E-state index is 12.4. The van der Waals surface area contributed by atoms with E-state index in [4.69, 9.17) is 5.73 Å². The van der Waals surface area contributed by atoms with E-state index in [9.17, 15) is 9.59 Å². The lowest BCUT2D eigenvalue weighted by Crippen LogP contribution is -2.55. The first kappa shape index (κ1) is 18.2. The van der Waals surface area contributed by atoms with E-state index in [-0.39, 0.29) is 41.7 Å². The topological polar surface area (TPSA) is 75.4 Å². The molecule has 122 valence electrons. The second-order valence-corrected chi connectivity index (χ2v) is 6.59. The highest BCUT2D eigenvalue weighted by Gasteiger charge is 2.38. The lowest BCUT2D eigenvalue weighted by atomic mass is 9.74. The molecule has 0 radical (unpaired) electrons. The summed E-state index contributed by atoms with van der Waals surface area (Å²) < 4.78 is 0. The van der Waals surface area contributed by atoms with Crippen molar-refractivity contribution in [2.24, 2.45) is 11.7 Å². The zero-order chi connectivity index (χ0) is 14.8. The van der Waals surface area contributed by atoms with E-state index >= 15 is 0 Å². The number of likely N-dealkylation sites (tertiary alicyclic amines) is 1. The van der Waals surface area contributed by atoms with Crippen LogP contribution in [0.15, 0.2) is 0 Å². The summed E-state index contributed by atoms with van der Waals surface area (Å²) in [6.07, 6.45) is 5.72. The van der Waals surface area contributed by atoms with Crippen molar-refractivity contribution < 1.29 is 9.59 Å². The van der Waals surface area contributed by atoms with Gasteiger partial charge in [-0.3, -0.25) is 9.59 Å². The molecule has 1 heterocycles. The average Bonchev–Trinajstić information content (AvgIpc) is 2.38. The summed E-state index contributed by atoms with van der Waals surface area (Å²) in [5.41, 5.74) is 5.90. The number of piperidine rings is 1. The van der Waals surface area contributed by atoms with Crippen LogP contribution >= 0.6 is 12.4 Å². The van der Waals surface area contributed by atoms with Crippen molar-refractivity contribution in [3.05, 3.63) is 0 Å². The van der Waals surface area contributed by atoms with Crippen molar-refractivity contribution in [1.82, 2.24) is 10.2 Å². The Bertz CT molecular complexity index is 379. The zero-order valence-corrected chi connectivity index (χ0v) is 13.9. The summed E-state index contributed by atoms with van der Waals surface area (Å²) >= 11 is 0. The minimum Gasteiger partial charge on any atom is -0.353 e. The normalized spacial score (nSPS) is 30.4. The van der Waals surface area contributed by atoms with Crippen molar-refractivity contribution >= 4 is 24.2 Å². The second-order valence-electron chi connectivity index (χ2n) is 6.59. The average molecular weight is 318 g/mol. The number of carbonyl (C=O) groups is 2. The number of hydrogen-bond acceptors (Lipinski definition) is 3. The van der Waals surface area contributed by atoms with E-state index in [1.807, 2.05) is 11.8 Å². The molecule has 1 saturated heterocycles. The van der Waals surface area contributed by atoms with Crippen LogP contribution in [-0.2, 0) is 9.59 Å². The first-order chi connectivity index (χ1) is 9.40. The van der Waals surface area contributed by atoms with Crippen LogP contribution in [0.2, 0.25) is 0 Å². The number of rotatable bonds is 2. The highest BCUT2D eigenvalue weighted by molar-refractivity contribution is 5.85. The van der Waals surface area contributed by atoms with Crippen molar-refractivity contribution in [1.29, 1.82) is 0 Å². The molecule has 0 aromatic heterocycles. The van der Waals surface area contributed by atoms with Crippen LogP contribution in [0.5, 0.6) is 0 Å². The van der Waals surface area contributed by atoms with Gasteiger partial charge in [-0.2, -0.15) is 0 Å². The minimum absolute atomic E-state index is 0. The van der Waals surface area contributed by atoms with Gasteiger partial charge in [0.25, 0.3) is 0 Å². The van der Waals surface area contributed by atoms with Gasteiger partial charge in [-0.05, 0) is 32.6 Å². The van der Waals surface area contributed by atoms with Gasteiger partial charge in [0, 0.05) is 31.6 Å². The quantitative estimate of drug-likeness (QED) is 0.809. The van der Waals surface area contributed by atoms with Crippen LogP contribution in [0, 0.1) is 5.92 Å². The summed E-state index contributed by atoms with van der Waals surface area (Å²) in [5.74, 6) is 0.162. The van der Waals surface area contributed by atoms with E-state index in [0.717, 1.165) is 51.6 Å². The summed E-state index contributed by atoms with van der Waals surface area (Å²) in [7, 11) is 0. The van der Waals surface area contributed by atoms with E-state index < -0.39 is 0 Å². The predicted molar refractivity (Wildman–Crippen MR) is 85.2 cm³/mol. The van der Waals surface area contributed by atoms with Gasteiger partial charge in [-0.15, -0.1) is 12.4 Å². The molecule has 0 spiro atoms. The van der Waals surface area contributed by atoms with Crippen molar-refractivity contribution in [3.8, 4) is 0 Å². The van der Waals surface area contributed by atoms with Gasteiger partial charge in [0.15, 0.2) is 0 Å². The molecule has 1 aliphatic carbocycles. The summed E-state index contributed by atoms with van der Waals surface area (Å²) in [6.45, 7) is 5.07. The summed E-state index contributed by atoms with van der Waals surface area (Å²) in [5, 5.41) is 3.15. The Morgan fingerprint density at radius 1 is 1.19 bits per heavy atom. The van der Waals surface area contributed by atoms with Crippen LogP contribution in [0.4, 0.5) is 0 Å². The molecule has 2 fully saturated rings. The Hall–Kier alpha value is -0.810. The first-order valence-electron chi connectivity index (χ1n) is 7.75. The van der Waals surface area contributed by atoms with Crippen LogP contribution in [0.3, 0.4) is 0 Å². The second kappa shape index (κ2) is 7.45.